The standard InChI is InChI=1S/C24H27N5OS/c1-24(2)12-16-17(13-30-24)19(15-8-6-5-7-9-15)28-23-18(16)20-21(31-23)22(27-14-26-20)25-10-11-29(3)4/h5-9,14H,10-13H2,1-4H3,(H,25,26,27). The molecule has 0 atom stereocenters. The molecule has 0 aliphatic carbocycles. The van der Waals surface area contributed by atoms with Crippen LogP contribution in [0.25, 0.3) is 31.7 Å². The van der Waals surface area contributed by atoms with Crippen molar-refractivity contribution in [2.24, 2.45) is 0 Å². The van der Waals surface area contributed by atoms with E-state index in [1.54, 1.807) is 17.7 Å². The normalized spacial score (nSPS) is 15.5. The molecule has 0 amide bonds. The minimum atomic E-state index is -0.219. The number of anilines is 1. The molecule has 0 bridgehead atoms. The number of fused-ring (bicyclic) bond motifs is 5. The average Bonchev–Trinajstić information content (AvgIpc) is 3.12. The molecule has 1 aromatic carbocycles. The molecule has 0 radical (unpaired) electrons. The molecule has 1 aliphatic heterocycles. The number of hydrogen-bond donors (Lipinski definition) is 1. The van der Waals surface area contributed by atoms with Gasteiger partial charge < -0.3 is 15.0 Å². The van der Waals surface area contributed by atoms with Crippen LogP contribution in [0.3, 0.4) is 0 Å². The van der Waals surface area contributed by atoms with E-state index in [1.807, 2.05) is 6.07 Å². The van der Waals surface area contributed by atoms with Gasteiger partial charge in [-0.1, -0.05) is 30.3 Å². The van der Waals surface area contributed by atoms with Crippen molar-refractivity contribution in [2.45, 2.75) is 32.5 Å². The maximum Gasteiger partial charge on any atom is 0.147 e. The summed E-state index contributed by atoms with van der Waals surface area (Å²) in [6.07, 6.45) is 2.49. The molecule has 31 heavy (non-hydrogen) atoms. The lowest BCUT2D eigenvalue weighted by Gasteiger charge is -2.33. The van der Waals surface area contributed by atoms with Gasteiger partial charge in [-0.3, -0.25) is 0 Å². The first-order valence-corrected chi connectivity index (χ1v) is 11.4. The van der Waals surface area contributed by atoms with Gasteiger partial charge in [-0.05, 0) is 33.5 Å². The summed E-state index contributed by atoms with van der Waals surface area (Å²) in [4.78, 5) is 17.5. The van der Waals surface area contributed by atoms with Crippen molar-refractivity contribution in [3.63, 3.8) is 0 Å². The van der Waals surface area contributed by atoms with Crippen molar-refractivity contribution in [2.75, 3.05) is 32.5 Å². The molecule has 1 N–H and O–H groups in total. The number of aromatic nitrogens is 3. The van der Waals surface area contributed by atoms with Crippen LogP contribution in [0.5, 0.6) is 0 Å². The zero-order chi connectivity index (χ0) is 21.6. The first-order chi connectivity index (χ1) is 14.9. The van der Waals surface area contributed by atoms with Crippen molar-refractivity contribution in [3.8, 4) is 11.3 Å². The quantitative estimate of drug-likeness (QED) is 0.491. The summed E-state index contributed by atoms with van der Waals surface area (Å²) in [6.45, 7) is 6.64. The molecule has 7 heteroatoms. The molecule has 1 aliphatic rings. The molecule has 0 fully saturated rings. The van der Waals surface area contributed by atoms with Crippen LogP contribution >= 0.6 is 11.3 Å². The average molecular weight is 434 g/mol. The van der Waals surface area contributed by atoms with Crippen LogP contribution in [0.15, 0.2) is 36.7 Å². The van der Waals surface area contributed by atoms with Crippen molar-refractivity contribution in [1.29, 1.82) is 0 Å². The third kappa shape index (κ3) is 3.78. The van der Waals surface area contributed by atoms with Crippen LogP contribution in [-0.2, 0) is 17.8 Å². The predicted octanol–water partition coefficient (Wildman–Crippen LogP) is 4.73. The second-order valence-electron chi connectivity index (χ2n) is 8.92. The number of rotatable bonds is 5. The van der Waals surface area contributed by atoms with Crippen LogP contribution in [0, 0.1) is 0 Å². The van der Waals surface area contributed by atoms with E-state index in [0.29, 0.717) is 6.61 Å². The fraction of sp³-hybridized carbons (Fsp3) is 0.375. The van der Waals surface area contributed by atoms with Crippen LogP contribution < -0.4 is 5.32 Å². The van der Waals surface area contributed by atoms with E-state index < -0.39 is 0 Å². The molecule has 4 aromatic rings. The highest BCUT2D eigenvalue weighted by Crippen LogP contribution is 2.43. The first-order valence-electron chi connectivity index (χ1n) is 10.6. The molecule has 4 heterocycles. The van der Waals surface area contributed by atoms with Gasteiger partial charge in [0.25, 0.3) is 0 Å². The number of ether oxygens (including phenoxy) is 1. The monoisotopic (exact) mass is 433 g/mol. The van der Waals surface area contributed by atoms with Crippen LogP contribution in [0.2, 0.25) is 0 Å². The Morgan fingerprint density at radius 1 is 1.13 bits per heavy atom. The van der Waals surface area contributed by atoms with Gasteiger partial charge in [-0.25, -0.2) is 15.0 Å². The second-order valence-corrected chi connectivity index (χ2v) is 9.92. The van der Waals surface area contributed by atoms with E-state index in [0.717, 1.165) is 57.0 Å². The third-order valence-electron chi connectivity index (χ3n) is 5.73. The van der Waals surface area contributed by atoms with Crippen LogP contribution in [0.4, 0.5) is 5.82 Å². The molecular weight excluding hydrogens is 406 g/mol. The maximum atomic E-state index is 6.20. The lowest BCUT2D eigenvalue weighted by molar-refractivity contribution is -0.0394. The number of hydrogen-bond acceptors (Lipinski definition) is 7. The highest BCUT2D eigenvalue weighted by molar-refractivity contribution is 7.26. The molecule has 0 saturated heterocycles. The zero-order valence-corrected chi connectivity index (χ0v) is 19.2. The van der Waals surface area contributed by atoms with Gasteiger partial charge in [0.1, 0.15) is 17.0 Å². The summed E-state index contributed by atoms with van der Waals surface area (Å²) in [5, 5.41) is 4.64. The number of nitrogens with one attached hydrogen (secondary N) is 1. The van der Waals surface area contributed by atoms with Gasteiger partial charge in [0, 0.05) is 36.0 Å². The van der Waals surface area contributed by atoms with Crippen LogP contribution in [0.1, 0.15) is 25.0 Å². The largest absolute Gasteiger partial charge is 0.370 e. The smallest absolute Gasteiger partial charge is 0.147 e. The third-order valence-corrected chi connectivity index (χ3v) is 6.81. The Balaban J connectivity index is 1.73. The van der Waals surface area contributed by atoms with Gasteiger partial charge in [0.05, 0.1) is 28.1 Å². The highest BCUT2D eigenvalue weighted by Gasteiger charge is 2.32. The van der Waals surface area contributed by atoms with Gasteiger partial charge in [-0.2, -0.15) is 0 Å². The Hall–Kier alpha value is -2.61. The predicted molar refractivity (Wildman–Crippen MR) is 128 cm³/mol. The Bertz CT molecular complexity index is 1250. The van der Waals surface area contributed by atoms with E-state index in [-0.39, 0.29) is 5.60 Å². The molecule has 0 saturated carbocycles. The molecule has 160 valence electrons. The molecule has 0 unspecified atom stereocenters. The van der Waals surface area contributed by atoms with Crippen molar-refractivity contribution in [3.05, 3.63) is 47.8 Å². The lowest BCUT2D eigenvalue weighted by Crippen LogP contribution is -2.32. The summed E-state index contributed by atoms with van der Waals surface area (Å²) in [6, 6.07) is 10.4. The number of benzene rings is 1. The number of nitrogens with zero attached hydrogens (tertiary/aromatic N) is 4. The number of thiophene rings is 1. The Morgan fingerprint density at radius 3 is 2.71 bits per heavy atom. The van der Waals surface area contributed by atoms with Crippen molar-refractivity contribution in [1.82, 2.24) is 19.9 Å². The van der Waals surface area contributed by atoms with E-state index >= 15 is 0 Å². The highest BCUT2D eigenvalue weighted by atomic mass is 32.1. The van der Waals surface area contributed by atoms with Gasteiger partial charge in [0.2, 0.25) is 0 Å². The molecule has 3 aromatic heterocycles. The summed E-state index contributed by atoms with van der Waals surface area (Å²) in [5.74, 6) is 0.885. The Kier molecular flexibility index (Phi) is 5.12. The second kappa shape index (κ2) is 7.82. The Labute approximate surface area is 186 Å². The molecule has 0 spiro atoms. The van der Waals surface area contributed by atoms with E-state index in [4.69, 9.17) is 14.7 Å². The van der Waals surface area contributed by atoms with Gasteiger partial charge in [0.15, 0.2) is 0 Å². The molecule has 5 rings (SSSR count). The van der Waals surface area contributed by atoms with Gasteiger partial charge >= 0.3 is 0 Å². The topological polar surface area (TPSA) is 63.2 Å². The summed E-state index contributed by atoms with van der Waals surface area (Å²) in [5.41, 5.74) is 5.40. The zero-order valence-electron chi connectivity index (χ0n) is 18.4. The number of pyridine rings is 1. The van der Waals surface area contributed by atoms with Crippen molar-refractivity contribution < 1.29 is 4.74 Å². The van der Waals surface area contributed by atoms with Gasteiger partial charge in [-0.15, -0.1) is 11.3 Å². The fourth-order valence-corrected chi connectivity index (χ4v) is 5.29. The minimum Gasteiger partial charge on any atom is -0.370 e. The Morgan fingerprint density at radius 2 is 1.94 bits per heavy atom. The molecule has 6 nitrogen and oxygen atoms in total. The lowest BCUT2D eigenvalue weighted by atomic mass is 9.88. The number of likely N-dealkylation sites (N-methyl/N-ethyl adjacent to an activating group) is 1. The van der Waals surface area contributed by atoms with E-state index in [9.17, 15) is 0 Å². The summed E-state index contributed by atoms with van der Waals surface area (Å²) in [7, 11) is 4.14. The first kappa shape index (κ1) is 20.3. The summed E-state index contributed by atoms with van der Waals surface area (Å²) < 4.78 is 7.27. The molecular formula is C24H27N5OS. The van der Waals surface area contributed by atoms with E-state index in [2.05, 4.69) is 67.4 Å². The SMILES string of the molecule is CN(C)CCNc1ncnc2c1sc1nc(-c3ccccc3)c3c(c12)CC(C)(C)OC3. The van der Waals surface area contributed by atoms with Crippen molar-refractivity contribution >= 4 is 37.6 Å². The summed E-state index contributed by atoms with van der Waals surface area (Å²) >= 11 is 1.68. The van der Waals surface area contributed by atoms with E-state index in [1.165, 1.54) is 11.1 Å². The van der Waals surface area contributed by atoms with Crippen LogP contribution in [-0.4, -0.2) is 52.6 Å². The minimum absolute atomic E-state index is 0.219. The fourth-order valence-electron chi connectivity index (χ4n) is 4.16. The maximum absolute atomic E-state index is 6.20.